The molecule has 6 nitrogen and oxygen atoms in total. The van der Waals surface area contributed by atoms with Crippen LogP contribution in [0.1, 0.15) is 56.6 Å². The summed E-state index contributed by atoms with van der Waals surface area (Å²) in [6.45, 7) is 3.03. The zero-order valence-electron chi connectivity index (χ0n) is 20.5. The first-order valence-electron chi connectivity index (χ1n) is 13.2. The van der Waals surface area contributed by atoms with Gasteiger partial charge in [-0.2, -0.15) is 0 Å². The number of imidazole rings is 1. The van der Waals surface area contributed by atoms with Gasteiger partial charge >= 0.3 is 0 Å². The smallest absolute Gasteiger partial charge is 0.227 e. The van der Waals surface area contributed by atoms with Crippen LogP contribution in [0.25, 0.3) is 0 Å². The highest BCUT2D eigenvalue weighted by atomic mass is 16.1. The minimum absolute atomic E-state index is 0.183. The Morgan fingerprint density at radius 1 is 0.971 bits per heavy atom. The molecule has 1 aliphatic carbocycles. The Kier molecular flexibility index (Phi) is 7.79. The van der Waals surface area contributed by atoms with Gasteiger partial charge in [0.15, 0.2) is 0 Å². The lowest BCUT2D eigenvalue weighted by Crippen LogP contribution is -2.44. The van der Waals surface area contributed by atoms with Crippen LogP contribution in [0, 0.1) is 5.92 Å². The molecule has 0 bridgehead atoms. The van der Waals surface area contributed by atoms with E-state index in [1.807, 2.05) is 30.9 Å². The fourth-order valence-corrected chi connectivity index (χ4v) is 5.51. The van der Waals surface area contributed by atoms with Crippen LogP contribution < -0.4 is 15.5 Å². The molecule has 2 fully saturated rings. The van der Waals surface area contributed by atoms with Gasteiger partial charge in [0.05, 0.1) is 6.33 Å². The number of nitrogens with one attached hydrogen (secondary N) is 2. The molecule has 1 saturated heterocycles. The van der Waals surface area contributed by atoms with Gasteiger partial charge in [0.2, 0.25) is 5.91 Å². The molecule has 5 rings (SSSR count). The van der Waals surface area contributed by atoms with Crippen LogP contribution in [-0.4, -0.2) is 34.6 Å². The van der Waals surface area contributed by atoms with E-state index in [2.05, 4.69) is 67.5 Å². The lowest BCUT2D eigenvalue weighted by Gasteiger charge is -2.36. The van der Waals surface area contributed by atoms with E-state index in [-0.39, 0.29) is 11.8 Å². The van der Waals surface area contributed by atoms with Crippen LogP contribution in [0.4, 0.5) is 11.4 Å². The van der Waals surface area contributed by atoms with Crippen molar-refractivity contribution in [1.82, 2.24) is 14.9 Å². The predicted molar refractivity (Wildman–Crippen MR) is 141 cm³/mol. The molecule has 184 valence electrons. The van der Waals surface area contributed by atoms with E-state index in [0.717, 1.165) is 57.4 Å². The molecule has 2 aliphatic rings. The van der Waals surface area contributed by atoms with Crippen molar-refractivity contribution in [3.63, 3.8) is 0 Å². The first-order valence-corrected chi connectivity index (χ1v) is 13.2. The molecule has 2 aromatic carbocycles. The van der Waals surface area contributed by atoms with Gasteiger partial charge in [-0.15, -0.1) is 0 Å². The van der Waals surface area contributed by atoms with Crippen molar-refractivity contribution in [2.75, 3.05) is 23.3 Å². The van der Waals surface area contributed by atoms with Gasteiger partial charge in [-0.25, -0.2) is 4.98 Å². The van der Waals surface area contributed by atoms with Gasteiger partial charge in [-0.1, -0.05) is 43.2 Å². The summed E-state index contributed by atoms with van der Waals surface area (Å²) in [6, 6.07) is 20.0. The summed E-state index contributed by atoms with van der Waals surface area (Å²) in [5.41, 5.74) is 3.50. The standard InChI is InChI=1S/C29H37N5O/c35-29(24-8-4-5-9-24)32-25-10-12-27(13-11-25)34-19-14-26(15-20-34)31-28(23-6-2-1-3-7-23)16-18-33-21-17-30-22-33/h1-3,6-7,10-13,17,21-22,24,26,28,31H,4-5,8-9,14-16,18-20H2,(H,32,35)/t28-/m0/s1. The number of carbonyl (C=O) groups is 1. The van der Waals surface area contributed by atoms with Crippen molar-refractivity contribution in [3.8, 4) is 0 Å². The lowest BCUT2D eigenvalue weighted by molar-refractivity contribution is -0.119. The van der Waals surface area contributed by atoms with Gasteiger partial charge in [0, 0.05) is 61.4 Å². The van der Waals surface area contributed by atoms with Gasteiger partial charge in [0.1, 0.15) is 0 Å². The first-order chi connectivity index (χ1) is 17.2. The molecule has 1 aromatic heterocycles. The highest BCUT2D eigenvalue weighted by molar-refractivity contribution is 5.92. The van der Waals surface area contributed by atoms with Crippen molar-refractivity contribution < 1.29 is 4.79 Å². The topological polar surface area (TPSA) is 62.2 Å². The summed E-state index contributed by atoms with van der Waals surface area (Å²) in [7, 11) is 0. The molecule has 1 amide bonds. The van der Waals surface area contributed by atoms with Crippen LogP contribution in [0.15, 0.2) is 73.3 Å². The number of hydrogen-bond acceptors (Lipinski definition) is 4. The molecule has 0 radical (unpaired) electrons. The molecule has 35 heavy (non-hydrogen) atoms. The van der Waals surface area contributed by atoms with Crippen molar-refractivity contribution in [2.24, 2.45) is 5.92 Å². The summed E-state index contributed by atoms with van der Waals surface area (Å²) in [5, 5.41) is 7.06. The average molecular weight is 472 g/mol. The Hall–Kier alpha value is -3.12. The third-order valence-corrected chi connectivity index (χ3v) is 7.59. The van der Waals surface area contributed by atoms with E-state index in [4.69, 9.17) is 0 Å². The van der Waals surface area contributed by atoms with Gasteiger partial charge in [0.25, 0.3) is 0 Å². The number of anilines is 2. The highest BCUT2D eigenvalue weighted by Crippen LogP contribution is 2.28. The maximum absolute atomic E-state index is 12.4. The Labute approximate surface area is 208 Å². The SMILES string of the molecule is O=C(Nc1ccc(N2CCC(N[C@@H](CCn3ccnc3)c3ccccc3)CC2)cc1)C1CCCC1. The summed E-state index contributed by atoms with van der Waals surface area (Å²) in [6.07, 6.45) is 13.5. The van der Waals surface area contributed by atoms with E-state index >= 15 is 0 Å². The Morgan fingerprint density at radius 3 is 2.40 bits per heavy atom. The number of aromatic nitrogens is 2. The van der Waals surface area contributed by atoms with Gasteiger partial charge in [-0.05, 0) is 61.9 Å². The highest BCUT2D eigenvalue weighted by Gasteiger charge is 2.24. The van der Waals surface area contributed by atoms with Gasteiger partial charge in [-0.3, -0.25) is 4.79 Å². The van der Waals surface area contributed by atoms with Crippen molar-refractivity contribution in [1.29, 1.82) is 0 Å². The minimum Gasteiger partial charge on any atom is -0.371 e. The number of amides is 1. The van der Waals surface area contributed by atoms with Crippen LogP contribution in [0.3, 0.4) is 0 Å². The number of aryl methyl sites for hydroxylation is 1. The first kappa shape index (κ1) is 23.6. The van der Waals surface area contributed by atoms with Gasteiger partial charge < -0.3 is 20.1 Å². The molecule has 0 spiro atoms. The van der Waals surface area contributed by atoms with E-state index in [1.54, 1.807) is 0 Å². The van der Waals surface area contributed by atoms with Crippen LogP contribution in [0.5, 0.6) is 0 Å². The molecule has 2 N–H and O–H groups in total. The fraction of sp³-hybridized carbons (Fsp3) is 0.448. The second kappa shape index (κ2) is 11.5. The van der Waals surface area contributed by atoms with Crippen LogP contribution in [-0.2, 0) is 11.3 Å². The van der Waals surface area contributed by atoms with E-state index in [9.17, 15) is 4.79 Å². The summed E-state index contributed by atoms with van der Waals surface area (Å²) < 4.78 is 2.15. The maximum atomic E-state index is 12.4. The second-order valence-electron chi connectivity index (χ2n) is 10.00. The molecule has 2 heterocycles. The quantitative estimate of drug-likeness (QED) is 0.439. The van der Waals surface area contributed by atoms with Crippen molar-refractivity contribution >= 4 is 17.3 Å². The summed E-state index contributed by atoms with van der Waals surface area (Å²) in [5.74, 6) is 0.379. The number of nitrogens with zero attached hydrogens (tertiary/aromatic N) is 3. The summed E-state index contributed by atoms with van der Waals surface area (Å²) >= 11 is 0. The van der Waals surface area contributed by atoms with Crippen molar-refractivity contribution in [2.45, 2.75) is 63.6 Å². The maximum Gasteiger partial charge on any atom is 0.227 e. The number of benzene rings is 2. The number of piperidine rings is 1. The molecule has 1 atom stereocenters. The minimum atomic E-state index is 0.183. The second-order valence-corrected chi connectivity index (χ2v) is 10.00. The molecular formula is C29H37N5O. The fourth-order valence-electron chi connectivity index (χ4n) is 5.51. The average Bonchev–Trinajstić information content (AvgIpc) is 3.63. The molecule has 1 saturated carbocycles. The molecule has 0 unspecified atom stereocenters. The molecule has 6 heteroatoms. The molecule has 3 aromatic rings. The zero-order chi connectivity index (χ0) is 23.9. The molecule has 1 aliphatic heterocycles. The third-order valence-electron chi connectivity index (χ3n) is 7.59. The van der Waals surface area contributed by atoms with E-state index in [0.29, 0.717) is 12.1 Å². The number of carbonyl (C=O) groups excluding carboxylic acids is 1. The zero-order valence-corrected chi connectivity index (χ0v) is 20.5. The number of rotatable bonds is 9. The Morgan fingerprint density at radius 2 is 1.71 bits per heavy atom. The lowest BCUT2D eigenvalue weighted by atomic mass is 9.98. The van der Waals surface area contributed by atoms with Crippen LogP contribution >= 0.6 is 0 Å². The third kappa shape index (κ3) is 6.31. The van der Waals surface area contributed by atoms with Crippen molar-refractivity contribution in [3.05, 3.63) is 78.9 Å². The summed E-state index contributed by atoms with van der Waals surface area (Å²) in [4.78, 5) is 19.0. The van der Waals surface area contributed by atoms with E-state index in [1.165, 1.54) is 24.1 Å². The Balaban J connectivity index is 1.13. The molecular weight excluding hydrogens is 434 g/mol. The van der Waals surface area contributed by atoms with Crippen LogP contribution in [0.2, 0.25) is 0 Å². The predicted octanol–water partition coefficient (Wildman–Crippen LogP) is 5.40. The van der Waals surface area contributed by atoms with E-state index < -0.39 is 0 Å². The largest absolute Gasteiger partial charge is 0.371 e. The number of hydrogen-bond donors (Lipinski definition) is 2. The Bertz CT molecular complexity index is 1040. The normalized spacial score (nSPS) is 18.0. The monoisotopic (exact) mass is 471 g/mol.